The van der Waals surface area contributed by atoms with Crippen LogP contribution in [0.4, 0.5) is 4.79 Å². The molecule has 0 rings (SSSR count). The second kappa shape index (κ2) is 7.89. The molecule has 1 unspecified atom stereocenters. The van der Waals surface area contributed by atoms with E-state index in [2.05, 4.69) is 10.1 Å². The van der Waals surface area contributed by atoms with Gasteiger partial charge < -0.3 is 20.9 Å². The number of rotatable bonds is 7. The number of carboxylic acids is 1. The van der Waals surface area contributed by atoms with E-state index in [1.54, 1.807) is 6.92 Å². The topological polar surface area (TPSA) is 128 Å². The molecule has 7 nitrogen and oxygen atoms in total. The van der Waals surface area contributed by atoms with Gasteiger partial charge >= 0.3 is 12.1 Å². The van der Waals surface area contributed by atoms with Gasteiger partial charge in [-0.2, -0.15) is 0 Å². The average molecular weight is 233 g/mol. The number of ether oxygens (including phenoxy) is 1. The van der Waals surface area contributed by atoms with Crippen LogP contribution in [0.15, 0.2) is 0 Å². The van der Waals surface area contributed by atoms with Crippen LogP contribution >= 0.6 is 0 Å². The molecule has 0 aromatic rings. The van der Waals surface area contributed by atoms with Crippen LogP contribution in [0.25, 0.3) is 0 Å². The quantitative estimate of drug-likeness (QED) is 0.350. The molecule has 6 N–H and O–H groups in total. The van der Waals surface area contributed by atoms with E-state index >= 15 is 0 Å². The number of hydrogen-bond donors (Lipinski definition) is 4. The molecule has 0 spiro atoms. The number of aliphatic carboxylic acids is 1. The van der Waals surface area contributed by atoms with Crippen LogP contribution in [0.3, 0.4) is 0 Å². The van der Waals surface area contributed by atoms with Crippen molar-refractivity contribution in [2.75, 3.05) is 6.54 Å². The molecule has 16 heavy (non-hydrogen) atoms. The van der Waals surface area contributed by atoms with Crippen molar-refractivity contribution in [3.63, 3.8) is 0 Å². The fourth-order valence-electron chi connectivity index (χ4n) is 1.01. The number of carbonyl (C=O) groups excluding carboxylic acids is 1. The highest BCUT2D eigenvalue weighted by atomic mass is 16.6. The standard InChI is InChI=1S/C9H19N3O4/c1-6(10)16-9(15)12-5-3-2-4-7(11)8(13)14/h6-7H,2-5,10-11H2,1H3,(H,12,15)(H,13,14)/t6?,7-/m0/s1. The zero-order valence-electron chi connectivity index (χ0n) is 9.31. The van der Waals surface area contributed by atoms with Gasteiger partial charge in [0.25, 0.3) is 0 Å². The summed E-state index contributed by atoms with van der Waals surface area (Å²) in [5.74, 6) is -1.01. The molecule has 94 valence electrons. The molecule has 0 saturated heterocycles. The zero-order valence-corrected chi connectivity index (χ0v) is 9.31. The predicted molar refractivity (Wildman–Crippen MR) is 57.6 cm³/mol. The lowest BCUT2D eigenvalue weighted by atomic mass is 10.1. The summed E-state index contributed by atoms with van der Waals surface area (Å²) in [7, 11) is 0. The van der Waals surface area contributed by atoms with E-state index in [0.717, 1.165) is 0 Å². The number of nitrogens with two attached hydrogens (primary N) is 2. The molecule has 0 aliphatic rings. The van der Waals surface area contributed by atoms with Crippen LogP contribution in [0.5, 0.6) is 0 Å². The summed E-state index contributed by atoms with van der Waals surface area (Å²) in [5, 5.41) is 11.0. The van der Waals surface area contributed by atoms with Gasteiger partial charge in [-0.25, -0.2) is 4.79 Å². The maximum absolute atomic E-state index is 10.9. The molecule has 1 amide bonds. The lowest BCUT2D eigenvalue weighted by molar-refractivity contribution is -0.138. The number of alkyl carbamates (subject to hydrolysis) is 1. The van der Waals surface area contributed by atoms with Crippen molar-refractivity contribution in [3.8, 4) is 0 Å². The summed E-state index contributed by atoms with van der Waals surface area (Å²) in [6.07, 6.45) is 0.457. The first-order valence-electron chi connectivity index (χ1n) is 5.12. The molecule has 0 heterocycles. The molecule has 0 aliphatic heterocycles. The molecule has 0 aromatic carbocycles. The van der Waals surface area contributed by atoms with Gasteiger partial charge in [-0.3, -0.25) is 10.5 Å². The third-order valence-corrected chi connectivity index (χ3v) is 1.82. The maximum Gasteiger partial charge on any atom is 0.408 e. The zero-order chi connectivity index (χ0) is 12.6. The molecule has 0 radical (unpaired) electrons. The van der Waals surface area contributed by atoms with Crippen molar-refractivity contribution in [1.29, 1.82) is 0 Å². The Kier molecular flexibility index (Phi) is 7.23. The number of nitrogens with one attached hydrogen (secondary N) is 1. The van der Waals surface area contributed by atoms with E-state index in [4.69, 9.17) is 16.6 Å². The monoisotopic (exact) mass is 233 g/mol. The molecule has 2 atom stereocenters. The Balaban J connectivity index is 3.40. The Morgan fingerprint density at radius 3 is 2.50 bits per heavy atom. The van der Waals surface area contributed by atoms with Gasteiger partial charge in [-0.05, 0) is 26.2 Å². The largest absolute Gasteiger partial charge is 0.480 e. The Labute approximate surface area is 94.1 Å². The van der Waals surface area contributed by atoms with Gasteiger partial charge in [0.2, 0.25) is 0 Å². The molecule has 7 heteroatoms. The van der Waals surface area contributed by atoms with Gasteiger partial charge in [0.05, 0.1) is 0 Å². The summed E-state index contributed by atoms with van der Waals surface area (Å²) in [6.45, 7) is 1.96. The fourth-order valence-corrected chi connectivity index (χ4v) is 1.01. The number of amides is 1. The Morgan fingerprint density at radius 2 is 2.00 bits per heavy atom. The lowest BCUT2D eigenvalue weighted by Gasteiger charge is -2.09. The minimum Gasteiger partial charge on any atom is -0.480 e. The van der Waals surface area contributed by atoms with E-state index in [-0.39, 0.29) is 0 Å². The molecule has 0 fully saturated rings. The van der Waals surface area contributed by atoms with E-state index in [0.29, 0.717) is 25.8 Å². The van der Waals surface area contributed by atoms with Crippen molar-refractivity contribution in [2.45, 2.75) is 38.5 Å². The maximum atomic E-state index is 10.9. The van der Waals surface area contributed by atoms with E-state index in [1.165, 1.54) is 0 Å². The molecule has 0 saturated carbocycles. The van der Waals surface area contributed by atoms with Crippen LogP contribution in [0.1, 0.15) is 26.2 Å². The SMILES string of the molecule is CC(N)OC(=O)NCCCC[C@H](N)C(=O)O. The molecular formula is C9H19N3O4. The first-order valence-corrected chi connectivity index (χ1v) is 5.12. The molecule has 0 bridgehead atoms. The minimum absolute atomic E-state index is 0.388. The van der Waals surface area contributed by atoms with Gasteiger partial charge in [0.15, 0.2) is 0 Å². The molecular weight excluding hydrogens is 214 g/mol. The van der Waals surface area contributed by atoms with Crippen LogP contribution < -0.4 is 16.8 Å². The first-order chi connectivity index (χ1) is 7.43. The van der Waals surface area contributed by atoms with Gasteiger partial charge in [0, 0.05) is 6.54 Å². The van der Waals surface area contributed by atoms with Crippen LogP contribution in [-0.2, 0) is 9.53 Å². The third kappa shape index (κ3) is 8.01. The highest BCUT2D eigenvalue weighted by Crippen LogP contribution is 1.98. The second-order valence-electron chi connectivity index (χ2n) is 3.48. The average Bonchev–Trinajstić information content (AvgIpc) is 2.15. The summed E-state index contributed by atoms with van der Waals surface area (Å²) in [5.41, 5.74) is 10.5. The highest BCUT2D eigenvalue weighted by Gasteiger charge is 2.10. The number of hydrogen-bond acceptors (Lipinski definition) is 5. The Morgan fingerprint density at radius 1 is 1.38 bits per heavy atom. The number of carbonyl (C=O) groups is 2. The highest BCUT2D eigenvalue weighted by molar-refractivity contribution is 5.72. The lowest BCUT2D eigenvalue weighted by Crippen LogP contribution is -2.33. The van der Waals surface area contributed by atoms with E-state index in [1.807, 2.05) is 0 Å². The minimum atomic E-state index is -1.01. The van der Waals surface area contributed by atoms with Gasteiger partial charge in [0.1, 0.15) is 12.3 Å². The summed E-state index contributed by atoms with van der Waals surface area (Å²) in [4.78, 5) is 21.3. The van der Waals surface area contributed by atoms with Crippen LogP contribution in [-0.4, -0.2) is 36.0 Å². The second-order valence-corrected chi connectivity index (χ2v) is 3.48. The van der Waals surface area contributed by atoms with Crippen molar-refractivity contribution < 1.29 is 19.4 Å². The van der Waals surface area contributed by atoms with Crippen molar-refractivity contribution in [3.05, 3.63) is 0 Å². The summed E-state index contributed by atoms with van der Waals surface area (Å²) < 4.78 is 4.63. The fraction of sp³-hybridized carbons (Fsp3) is 0.778. The molecule has 0 aliphatic carbocycles. The van der Waals surface area contributed by atoms with Crippen LogP contribution in [0, 0.1) is 0 Å². The summed E-state index contributed by atoms with van der Waals surface area (Å²) in [6, 6.07) is -0.837. The summed E-state index contributed by atoms with van der Waals surface area (Å²) >= 11 is 0. The Bertz CT molecular complexity index is 233. The number of carboxylic acid groups (broad SMARTS) is 1. The van der Waals surface area contributed by atoms with Gasteiger partial charge in [-0.15, -0.1) is 0 Å². The van der Waals surface area contributed by atoms with Gasteiger partial charge in [-0.1, -0.05) is 0 Å². The smallest absolute Gasteiger partial charge is 0.408 e. The predicted octanol–water partition coefficient (Wildman–Crippen LogP) is -0.400. The van der Waals surface area contributed by atoms with Crippen molar-refractivity contribution in [2.24, 2.45) is 11.5 Å². The van der Waals surface area contributed by atoms with E-state index in [9.17, 15) is 9.59 Å². The normalized spacial score (nSPS) is 13.9. The van der Waals surface area contributed by atoms with Crippen molar-refractivity contribution >= 4 is 12.1 Å². The first kappa shape index (κ1) is 14.7. The number of unbranched alkanes of at least 4 members (excludes halogenated alkanes) is 1. The Hall–Kier alpha value is -1.34. The molecule has 0 aromatic heterocycles. The third-order valence-electron chi connectivity index (χ3n) is 1.82. The van der Waals surface area contributed by atoms with Crippen LogP contribution in [0.2, 0.25) is 0 Å². The van der Waals surface area contributed by atoms with E-state index < -0.39 is 24.3 Å². The van der Waals surface area contributed by atoms with Crippen molar-refractivity contribution in [1.82, 2.24) is 5.32 Å².